The van der Waals surface area contributed by atoms with Gasteiger partial charge in [0.25, 0.3) is 11.9 Å². The van der Waals surface area contributed by atoms with Crippen molar-refractivity contribution in [1.82, 2.24) is 4.98 Å². The van der Waals surface area contributed by atoms with Crippen molar-refractivity contribution in [1.29, 1.82) is 0 Å². The van der Waals surface area contributed by atoms with E-state index >= 15 is 0 Å². The molecule has 0 fully saturated rings. The number of nitrogens with zero attached hydrogens (tertiary/aromatic N) is 1. The first-order chi connectivity index (χ1) is 9.93. The molecule has 1 aromatic heterocycles. The minimum Gasteiger partial charge on any atom is -0.508 e. The molecule has 0 saturated heterocycles. The fourth-order valence-corrected chi connectivity index (χ4v) is 1.66. The van der Waals surface area contributed by atoms with Crippen LogP contribution in [0.1, 0.15) is 5.56 Å². The van der Waals surface area contributed by atoms with Crippen molar-refractivity contribution < 1.29 is 27.4 Å². The molecular formula is C13H10F4N2O2. The van der Waals surface area contributed by atoms with Crippen LogP contribution in [0, 0.1) is 23.5 Å². The van der Waals surface area contributed by atoms with Crippen LogP contribution in [0.25, 0.3) is 0 Å². The number of phenolic OH excluding ortho intramolecular Hbond substituents is 1. The van der Waals surface area contributed by atoms with E-state index in [9.17, 15) is 22.7 Å². The van der Waals surface area contributed by atoms with Gasteiger partial charge in [0, 0.05) is 12.1 Å². The highest BCUT2D eigenvalue weighted by Gasteiger charge is 2.20. The Balaban J connectivity index is 2.28. The van der Waals surface area contributed by atoms with Gasteiger partial charge in [-0.3, -0.25) is 0 Å². The van der Waals surface area contributed by atoms with Gasteiger partial charge in [0.2, 0.25) is 11.6 Å². The zero-order chi connectivity index (χ0) is 15.6. The van der Waals surface area contributed by atoms with Crippen LogP contribution in [0.15, 0.2) is 18.2 Å². The molecule has 8 heteroatoms. The van der Waals surface area contributed by atoms with E-state index < -0.39 is 29.2 Å². The molecule has 1 heterocycles. The van der Waals surface area contributed by atoms with Crippen LogP contribution in [0.2, 0.25) is 0 Å². The number of aromatic nitrogens is 1. The van der Waals surface area contributed by atoms with Crippen molar-refractivity contribution in [2.24, 2.45) is 0 Å². The molecule has 0 spiro atoms. The Morgan fingerprint density at radius 1 is 1.14 bits per heavy atom. The van der Waals surface area contributed by atoms with Gasteiger partial charge in [0.1, 0.15) is 17.2 Å². The summed E-state index contributed by atoms with van der Waals surface area (Å²) in [6, 6.07) is 4.20. The van der Waals surface area contributed by atoms with Crippen LogP contribution >= 0.6 is 0 Å². The van der Waals surface area contributed by atoms with Gasteiger partial charge < -0.3 is 15.2 Å². The van der Waals surface area contributed by atoms with Gasteiger partial charge in [0.15, 0.2) is 0 Å². The third-order valence-electron chi connectivity index (χ3n) is 2.74. The Morgan fingerprint density at radius 3 is 2.33 bits per heavy atom. The summed E-state index contributed by atoms with van der Waals surface area (Å²) in [6.45, 7) is -0.278. The standard InChI is InChI=1S/C13H10F4N2O2/c1-21-7-2-3-8(20)6(4-7)5-18-11-9(14)12(16)19-13(17)10(11)15/h2-4,20H,5H2,1H3,(H,18,19). The zero-order valence-corrected chi connectivity index (χ0v) is 10.8. The molecule has 1 aromatic carbocycles. The largest absolute Gasteiger partial charge is 0.508 e. The normalized spacial score (nSPS) is 10.5. The number of benzene rings is 1. The molecular weight excluding hydrogens is 292 g/mol. The summed E-state index contributed by atoms with van der Waals surface area (Å²) in [5.74, 6) is -6.57. The summed E-state index contributed by atoms with van der Waals surface area (Å²) in [4.78, 5) is 2.44. The van der Waals surface area contributed by atoms with Gasteiger partial charge in [-0.05, 0) is 18.2 Å². The number of rotatable bonds is 4. The third-order valence-corrected chi connectivity index (χ3v) is 2.74. The highest BCUT2D eigenvalue weighted by Crippen LogP contribution is 2.26. The predicted molar refractivity (Wildman–Crippen MR) is 66.1 cm³/mol. The highest BCUT2D eigenvalue weighted by atomic mass is 19.2. The van der Waals surface area contributed by atoms with Crippen LogP contribution in [-0.4, -0.2) is 17.2 Å². The Hall–Kier alpha value is -2.51. The molecule has 0 bridgehead atoms. The smallest absolute Gasteiger partial charge is 0.253 e. The molecule has 0 saturated carbocycles. The van der Waals surface area contributed by atoms with Crippen LogP contribution in [0.4, 0.5) is 23.2 Å². The van der Waals surface area contributed by atoms with Crippen molar-refractivity contribution >= 4 is 5.69 Å². The highest BCUT2D eigenvalue weighted by molar-refractivity contribution is 5.48. The van der Waals surface area contributed by atoms with Crippen LogP contribution in [0.5, 0.6) is 11.5 Å². The molecule has 2 rings (SSSR count). The van der Waals surface area contributed by atoms with Crippen LogP contribution in [-0.2, 0) is 6.54 Å². The molecule has 0 amide bonds. The van der Waals surface area contributed by atoms with Crippen molar-refractivity contribution in [3.8, 4) is 11.5 Å². The zero-order valence-electron chi connectivity index (χ0n) is 10.8. The molecule has 4 nitrogen and oxygen atoms in total. The maximum Gasteiger partial charge on any atom is 0.253 e. The second-order valence-electron chi connectivity index (χ2n) is 4.04. The van der Waals surface area contributed by atoms with Crippen molar-refractivity contribution in [3.63, 3.8) is 0 Å². The first-order valence-corrected chi connectivity index (χ1v) is 5.73. The molecule has 0 atom stereocenters. The number of hydrogen-bond donors (Lipinski definition) is 2. The van der Waals surface area contributed by atoms with E-state index in [1.54, 1.807) is 0 Å². The number of ether oxygens (including phenoxy) is 1. The number of anilines is 1. The molecule has 0 radical (unpaired) electrons. The number of phenols is 1. The third kappa shape index (κ3) is 2.99. The fraction of sp³-hybridized carbons (Fsp3) is 0.154. The first kappa shape index (κ1) is 14.9. The lowest BCUT2D eigenvalue weighted by atomic mass is 10.2. The van der Waals surface area contributed by atoms with Crippen molar-refractivity contribution in [2.75, 3.05) is 12.4 Å². The molecule has 0 aliphatic rings. The van der Waals surface area contributed by atoms with Gasteiger partial charge in [-0.25, -0.2) is 0 Å². The van der Waals surface area contributed by atoms with E-state index in [4.69, 9.17) is 4.74 Å². The Morgan fingerprint density at radius 2 is 1.76 bits per heavy atom. The maximum absolute atomic E-state index is 13.4. The SMILES string of the molecule is COc1ccc(O)c(CNc2c(F)c(F)nc(F)c2F)c1. The average molecular weight is 302 g/mol. The van der Waals surface area contributed by atoms with E-state index in [2.05, 4.69) is 10.3 Å². The molecule has 0 unspecified atom stereocenters. The summed E-state index contributed by atoms with van der Waals surface area (Å²) < 4.78 is 57.6. The number of methoxy groups -OCH3 is 1. The number of nitrogens with one attached hydrogen (secondary N) is 1. The molecule has 0 aliphatic heterocycles. The van der Waals surface area contributed by atoms with E-state index in [0.717, 1.165) is 0 Å². The lowest BCUT2D eigenvalue weighted by Gasteiger charge is -2.11. The molecule has 2 aromatic rings. The minimum atomic E-state index is -1.76. The molecule has 0 aliphatic carbocycles. The van der Waals surface area contributed by atoms with Crippen LogP contribution < -0.4 is 10.1 Å². The fourth-order valence-electron chi connectivity index (χ4n) is 1.66. The Kier molecular flexibility index (Phi) is 4.15. The topological polar surface area (TPSA) is 54.4 Å². The van der Waals surface area contributed by atoms with Gasteiger partial charge in [-0.15, -0.1) is 0 Å². The van der Waals surface area contributed by atoms with Gasteiger partial charge in [-0.2, -0.15) is 22.5 Å². The number of hydrogen-bond acceptors (Lipinski definition) is 4. The van der Waals surface area contributed by atoms with Crippen molar-refractivity contribution in [3.05, 3.63) is 47.3 Å². The second kappa shape index (κ2) is 5.86. The summed E-state index contributed by atoms with van der Waals surface area (Å²) >= 11 is 0. The van der Waals surface area contributed by atoms with E-state index in [1.165, 1.54) is 25.3 Å². The van der Waals surface area contributed by atoms with E-state index in [-0.39, 0.29) is 17.9 Å². The summed E-state index contributed by atoms with van der Waals surface area (Å²) in [5.41, 5.74) is -0.770. The summed E-state index contributed by atoms with van der Waals surface area (Å²) in [5, 5.41) is 11.8. The minimum absolute atomic E-state index is 0.167. The van der Waals surface area contributed by atoms with E-state index in [1.807, 2.05) is 0 Å². The van der Waals surface area contributed by atoms with Crippen molar-refractivity contribution in [2.45, 2.75) is 6.54 Å². The Bertz CT molecular complexity index is 653. The Labute approximate surface area is 117 Å². The monoisotopic (exact) mass is 302 g/mol. The number of halogens is 4. The lowest BCUT2D eigenvalue weighted by molar-refractivity contribution is 0.409. The number of aromatic hydroxyl groups is 1. The van der Waals surface area contributed by atoms with Crippen LogP contribution in [0.3, 0.4) is 0 Å². The van der Waals surface area contributed by atoms with Gasteiger partial charge >= 0.3 is 0 Å². The second-order valence-corrected chi connectivity index (χ2v) is 4.04. The molecule has 2 N–H and O–H groups in total. The maximum atomic E-state index is 13.4. The quantitative estimate of drug-likeness (QED) is 0.673. The number of pyridine rings is 1. The van der Waals surface area contributed by atoms with Gasteiger partial charge in [-0.1, -0.05) is 0 Å². The van der Waals surface area contributed by atoms with E-state index in [0.29, 0.717) is 5.75 Å². The first-order valence-electron chi connectivity index (χ1n) is 5.73. The molecule has 21 heavy (non-hydrogen) atoms. The average Bonchev–Trinajstić information content (AvgIpc) is 2.47. The predicted octanol–water partition coefficient (Wildman–Crippen LogP) is 2.96. The summed E-state index contributed by atoms with van der Waals surface area (Å²) in [6.07, 6.45) is 0. The summed E-state index contributed by atoms with van der Waals surface area (Å²) in [7, 11) is 1.40. The van der Waals surface area contributed by atoms with Gasteiger partial charge in [0.05, 0.1) is 7.11 Å². The lowest BCUT2D eigenvalue weighted by Crippen LogP contribution is -2.09. The molecule has 112 valence electrons.